The molecule has 1 saturated carbocycles. The Morgan fingerprint density at radius 3 is 2.92 bits per heavy atom. The van der Waals surface area contributed by atoms with Crippen molar-refractivity contribution in [2.24, 2.45) is 5.92 Å². The summed E-state index contributed by atoms with van der Waals surface area (Å²) < 4.78 is 14.0. The highest BCUT2D eigenvalue weighted by molar-refractivity contribution is 9.10. The van der Waals surface area contributed by atoms with Gasteiger partial charge in [0.2, 0.25) is 5.95 Å². The third kappa shape index (κ3) is 1.80. The first-order chi connectivity index (χ1) is 6.18. The van der Waals surface area contributed by atoms with Crippen molar-refractivity contribution in [2.75, 3.05) is 0 Å². The number of hydrogen-bond acceptors (Lipinski definition) is 1. The fourth-order valence-electron chi connectivity index (χ4n) is 1.30. The van der Waals surface area contributed by atoms with Crippen LogP contribution in [0.25, 0.3) is 5.57 Å². The minimum Gasteiger partial charge on any atom is -0.227 e. The number of allylic oxidation sites excluding steroid dienone is 1. The van der Waals surface area contributed by atoms with Gasteiger partial charge >= 0.3 is 0 Å². The van der Waals surface area contributed by atoms with Gasteiger partial charge in [-0.3, -0.25) is 0 Å². The van der Waals surface area contributed by atoms with Gasteiger partial charge in [0.15, 0.2) is 0 Å². The average Bonchev–Trinajstić information content (AvgIpc) is 2.91. The number of aromatic nitrogens is 1. The quantitative estimate of drug-likeness (QED) is 0.724. The van der Waals surface area contributed by atoms with Gasteiger partial charge in [0.1, 0.15) is 0 Å². The van der Waals surface area contributed by atoms with Gasteiger partial charge in [0.05, 0.1) is 0 Å². The zero-order valence-electron chi connectivity index (χ0n) is 7.06. The van der Waals surface area contributed by atoms with E-state index in [-0.39, 0.29) is 0 Å². The van der Waals surface area contributed by atoms with Gasteiger partial charge in [0.25, 0.3) is 0 Å². The molecule has 0 amide bonds. The van der Waals surface area contributed by atoms with Crippen molar-refractivity contribution in [1.29, 1.82) is 0 Å². The minimum atomic E-state index is -0.417. The summed E-state index contributed by atoms with van der Waals surface area (Å²) in [5, 5.41) is 0. The normalized spacial score (nSPS) is 15.8. The van der Waals surface area contributed by atoms with Crippen molar-refractivity contribution in [3.8, 4) is 0 Å². The Labute approximate surface area is 84.8 Å². The van der Waals surface area contributed by atoms with Crippen LogP contribution in [0.5, 0.6) is 0 Å². The van der Waals surface area contributed by atoms with Gasteiger partial charge in [0, 0.05) is 16.2 Å². The van der Waals surface area contributed by atoms with E-state index >= 15 is 0 Å². The number of pyridine rings is 1. The number of nitrogens with zero attached hydrogens (tertiary/aromatic N) is 1. The maximum absolute atomic E-state index is 13.2. The Kier molecular flexibility index (Phi) is 2.20. The van der Waals surface area contributed by atoms with Crippen LogP contribution in [-0.4, -0.2) is 4.98 Å². The highest BCUT2D eigenvalue weighted by Crippen LogP contribution is 2.41. The van der Waals surface area contributed by atoms with Gasteiger partial charge in [-0.25, -0.2) is 4.98 Å². The zero-order chi connectivity index (χ0) is 9.42. The Bertz CT molecular complexity index is 358. The Balaban J connectivity index is 2.37. The second-order valence-electron chi connectivity index (χ2n) is 3.29. The molecule has 0 spiro atoms. The van der Waals surface area contributed by atoms with Crippen LogP contribution < -0.4 is 0 Å². The summed E-state index contributed by atoms with van der Waals surface area (Å²) in [4.78, 5) is 3.64. The molecule has 1 aromatic rings. The summed E-state index contributed by atoms with van der Waals surface area (Å²) in [5.41, 5.74) is 1.43. The summed E-state index contributed by atoms with van der Waals surface area (Å²) >= 11 is 3.26. The standard InChI is InChI=1S/C10H9BrFN/c1-6(7-2-3-7)9-4-8(11)5-13-10(9)12/h4-5,7H,1-3H2. The van der Waals surface area contributed by atoms with E-state index in [2.05, 4.69) is 27.5 Å². The molecule has 0 unspecified atom stereocenters. The highest BCUT2D eigenvalue weighted by atomic mass is 79.9. The molecule has 0 bridgehead atoms. The van der Waals surface area contributed by atoms with Gasteiger partial charge in [-0.05, 0) is 46.3 Å². The van der Waals surface area contributed by atoms with E-state index in [0.29, 0.717) is 11.5 Å². The van der Waals surface area contributed by atoms with E-state index in [1.165, 1.54) is 6.20 Å². The minimum absolute atomic E-state index is 0.417. The predicted molar refractivity (Wildman–Crippen MR) is 53.7 cm³/mol. The molecule has 13 heavy (non-hydrogen) atoms. The summed E-state index contributed by atoms with van der Waals surface area (Å²) in [6.45, 7) is 3.89. The molecule has 1 aromatic heterocycles. The van der Waals surface area contributed by atoms with Crippen molar-refractivity contribution in [1.82, 2.24) is 4.98 Å². The first-order valence-electron chi connectivity index (χ1n) is 4.18. The van der Waals surface area contributed by atoms with Crippen LogP contribution in [0.2, 0.25) is 0 Å². The van der Waals surface area contributed by atoms with Crippen molar-refractivity contribution in [3.63, 3.8) is 0 Å². The van der Waals surface area contributed by atoms with Crippen LogP contribution in [0.4, 0.5) is 4.39 Å². The summed E-state index contributed by atoms with van der Waals surface area (Å²) in [6.07, 6.45) is 3.72. The van der Waals surface area contributed by atoms with Crippen LogP contribution in [0.15, 0.2) is 23.3 Å². The molecule has 0 saturated heterocycles. The molecule has 1 heterocycles. The Morgan fingerprint density at radius 2 is 2.31 bits per heavy atom. The summed E-state index contributed by atoms with van der Waals surface area (Å²) in [6, 6.07) is 1.74. The van der Waals surface area contributed by atoms with Gasteiger partial charge in [-0.15, -0.1) is 0 Å². The average molecular weight is 242 g/mol. The summed E-state index contributed by atoms with van der Waals surface area (Å²) in [5.74, 6) is 0.0608. The fourth-order valence-corrected chi connectivity index (χ4v) is 1.63. The van der Waals surface area contributed by atoms with Crippen LogP contribution in [0.3, 0.4) is 0 Å². The van der Waals surface area contributed by atoms with E-state index in [4.69, 9.17) is 0 Å². The zero-order valence-corrected chi connectivity index (χ0v) is 8.64. The smallest absolute Gasteiger partial charge is 0.220 e. The largest absolute Gasteiger partial charge is 0.227 e. The number of halogens is 2. The van der Waals surface area contributed by atoms with E-state index in [1.54, 1.807) is 6.07 Å². The molecule has 1 nitrogen and oxygen atoms in total. The second-order valence-corrected chi connectivity index (χ2v) is 4.21. The summed E-state index contributed by atoms with van der Waals surface area (Å²) in [7, 11) is 0. The Morgan fingerprint density at radius 1 is 1.62 bits per heavy atom. The molecule has 2 rings (SSSR count). The Hall–Kier alpha value is -0.700. The lowest BCUT2D eigenvalue weighted by Crippen LogP contribution is -1.93. The van der Waals surface area contributed by atoms with Gasteiger partial charge < -0.3 is 0 Å². The van der Waals surface area contributed by atoms with Crippen molar-refractivity contribution in [3.05, 3.63) is 34.8 Å². The van der Waals surface area contributed by atoms with Gasteiger partial charge in [-0.2, -0.15) is 4.39 Å². The lowest BCUT2D eigenvalue weighted by Gasteiger charge is -2.04. The molecule has 1 aliphatic rings. The van der Waals surface area contributed by atoms with E-state index in [1.807, 2.05) is 0 Å². The van der Waals surface area contributed by atoms with Crippen molar-refractivity contribution in [2.45, 2.75) is 12.8 Å². The topological polar surface area (TPSA) is 12.9 Å². The molecule has 0 radical (unpaired) electrons. The number of rotatable bonds is 2. The van der Waals surface area contributed by atoms with Gasteiger partial charge in [-0.1, -0.05) is 6.58 Å². The van der Waals surface area contributed by atoms with Crippen LogP contribution >= 0.6 is 15.9 Å². The second kappa shape index (κ2) is 3.22. The van der Waals surface area contributed by atoms with E-state index < -0.39 is 5.95 Å². The first-order valence-corrected chi connectivity index (χ1v) is 4.98. The molecule has 1 aliphatic carbocycles. The third-order valence-corrected chi connectivity index (χ3v) is 2.66. The first kappa shape index (κ1) is 8.88. The van der Waals surface area contributed by atoms with E-state index in [9.17, 15) is 4.39 Å². The molecule has 68 valence electrons. The molecule has 3 heteroatoms. The van der Waals surface area contributed by atoms with E-state index in [0.717, 1.165) is 22.9 Å². The molecular weight excluding hydrogens is 233 g/mol. The fraction of sp³-hybridized carbons (Fsp3) is 0.300. The number of hydrogen-bond donors (Lipinski definition) is 0. The molecule has 0 aromatic carbocycles. The monoisotopic (exact) mass is 241 g/mol. The molecule has 1 fully saturated rings. The van der Waals surface area contributed by atoms with Crippen LogP contribution in [-0.2, 0) is 0 Å². The maximum atomic E-state index is 13.2. The van der Waals surface area contributed by atoms with Crippen LogP contribution in [0, 0.1) is 11.9 Å². The third-order valence-electron chi connectivity index (χ3n) is 2.22. The molecule has 0 atom stereocenters. The lowest BCUT2D eigenvalue weighted by atomic mass is 10.1. The van der Waals surface area contributed by atoms with Crippen LogP contribution in [0.1, 0.15) is 18.4 Å². The molecule has 0 N–H and O–H groups in total. The predicted octanol–water partition coefficient (Wildman–Crippen LogP) is 3.41. The van der Waals surface area contributed by atoms with Crippen molar-refractivity contribution < 1.29 is 4.39 Å². The highest BCUT2D eigenvalue weighted by Gasteiger charge is 2.27. The molecule has 0 aliphatic heterocycles. The molecular formula is C10H9BrFN. The van der Waals surface area contributed by atoms with Crippen molar-refractivity contribution >= 4 is 21.5 Å². The maximum Gasteiger partial charge on any atom is 0.220 e. The SMILES string of the molecule is C=C(c1cc(Br)cnc1F)C1CC1. The lowest BCUT2D eigenvalue weighted by molar-refractivity contribution is 0.578.